The summed E-state index contributed by atoms with van der Waals surface area (Å²) in [5.74, 6) is -0.0283. The van der Waals surface area contributed by atoms with E-state index >= 15 is 0 Å². The number of benzene rings is 2. The molecule has 1 aliphatic rings. The average Bonchev–Trinajstić information content (AvgIpc) is 3.25. The SMILES string of the molecule is CN(C)CCNC(=O)[C@@H]1C[C@H](COc2cccc(C(F)(F)F)c2)CN(Cc2c[nH]c3ccccc23)C1. The van der Waals surface area contributed by atoms with Crippen LogP contribution in [0.2, 0.25) is 0 Å². The van der Waals surface area contributed by atoms with Crippen molar-refractivity contribution < 1.29 is 22.7 Å². The normalized spacial score (nSPS) is 19.1. The van der Waals surface area contributed by atoms with Crippen molar-refractivity contribution in [2.75, 3.05) is 46.9 Å². The molecule has 2 aromatic carbocycles. The summed E-state index contributed by atoms with van der Waals surface area (Å²) in [7, 11) is 3.91. The van der Waals surface area contributed by atoms with E-state index in [0.717, 1.165) is 35.1 Å². The highest BCUT2D eigenvalue weighted by Gasteiger charge is 2.33. The summed E-state index contributed by atoms with van der Waals surface area (Å²) >= 11 is 0. The van der Waals surface area contributed by atoms with Gasteiger partial charge in [-0.05, 0) is 50.3 Å². The molecule has 9 heteroatoms. The van der Waals surface area contributed by atoms with Gasteiger partial charge in [-0.1, -0.05) is 24.3 Å². The molecule has 2 heterocycles. The first-order chi connectivity index (χ1) is 17.2. The molecule has 1 fully saturated rings. The van der Waals surface area contributed by atoms with Gasteiger partial charge in [0.05, 0.1) is 18.1 Å². The van der Waals surface area contributed by atoms with Crippen molar-refractivity contribution in [1.29, 1.82) is 0 Å². The van der Waals surface area contributed by atoms with Crippen LogP contribution in [-0.4, -0.2) is 67.6 Å². The lowest BCUT2D eigenvalue weighted by atomic mass is 9.88. The number of alkyl halides is 3. The van der Waals surface area contributed by atoms with Crippen molar-refractivity contribution in [2.45, 2.75) is 19.1 Å². The van der Waals surface area contributed by atoms with Crippen molar-refractivity contribution >= 4 is 16.8 Å². The van der Waals surface area contributed by atoms with E-state index in [0.29, 0.717) is 32.6 Å². The highest BCUT2D eigenvalue weighted by Crippen LogP contribution is 2.32. The van der Waals surface area contributed by atoms with Gasteiger partial charge in [0.15, 0.2) is 0 Å². The molecule has 3 aromatic rings. The Labute approximate surface area is 209 Å². The van der Waals surface area contributed by atoms with Gasteiger partial charge in [0.25, 0.3) is 0 Å². The molecule has 4 rings (SSSR count). The molecule has 0 aliphatic carbocycles. The van der Waals surface area contributed by atoms with Gasteiger partial charge in [-0.3, -0.25) is 9.69 Å². The number of hydrogen-bond donors (Lipinski definition) is 2. The smallest absolute Gasteiger partial charge is 0.416 e. The van der Waals surface area contributed by atoms with Gasteiger partial charge in [0, 0.05) is 55.7 Å². The number of H-pyrrole nitrogens is 1. The van der Waals surface area contributed by atoms with Gasteiger partial charge in [-0.25, -0.2) is 0 Å². The molecule has 0 spiro atoms. The lowest BCUT2D eigenvalue weighted by molar-refractivity contribution is -0.137. The van der Waals surface area contributed by atoms with E-state index < -0.39 is 11.7 Å². The number of hydrogen-bond acceptors (Lipinski definition) is 4. The minimum Gasteiger partial charge on any atom is -0.493 e. The highest BCUT2D eigenvalue weighted by molar-refractivity contribution is 5.83. The fourth-order valence-corrected chi connectivity index (χ4v) is 4.77. The number of para-hydroxylation sites is 1. The van der Waals surface area contributed by atoms with Gasteiger partial charge >= 0.3 is 6.18 Å². The van der Waals surface area contributed by atoms with Gasteiger partial charge in [-0.15, -0.1) is 0 Å². The van der Waals surface area contributed by atoms with Gasteiger partial charge in [0.1, 0.15) is 5.75 Å². The number of carbonyl (C=O) groups excluding carboxylic acids is 1. The molecule has 2 N–H and O–H groups in total. The summed E-state index contributed by atoms with van der Waals surface area (Å²) in [5.41, 5.74) is 1.48. The second-order valence-corrected chi connectivity index (χ2v) is 9.78. The lowest BCUT2D eigenvalue weighted by Crippen LogP contribution is -2.48. The van der Waals surface area contributed by atoms with Crippen LogP contribution in [0.25, 0.3) is 10.9 Å². The number of aromatic nitrogens is 1. The maximum Gasteiger partial charge on any atom is 0.416 e. The van der Waals surface area contributed by atoms with Gasteiger partial charge < -0.3 is 19.9 Å². The molecule has 194 valence electrons. The van der Waals surface area contributed by atoms with Crippen molar-refractivity contribution in [3.63, 3.8) is 0 Å². The Hall–Kier alpha value is -3.04. The van der Waals surface area contributed by atoms with E-state index in [2.05, 4.69) is 21.3 Å². The Kier molecular flexibility index (Phi) is 8.21. The number of ether oxygens (including phenoxy) is 1. The number of carbonyl (C=O) groups is 1. The van der Waals surface area contributed by atoms with E-state index in [9.17, 15) is 18.0 Å². The van der Waals surface area contributed by atoms with Crippen LogP contribution in [0.5, 0.6) is 5.75 Å². The zero-order valence-corrected chi connectivity index (χ0v) is 20.6. The molecule has 1 aromatic heterocycles. The molecule has 0 unspecified atom stereocenters. The largest absolute Gasteiger partial charge is 0.493 e. The Morgan fingerprint density at radius 3 is 2.75 bits per heavy atom. The number of amides is 1. The first-order valence-corrected chi connectivity index (χ1v) is 12.2. The van der Waals surface area contributed by atoms with Crippen molar-refractivity contribution in [3.05, 3.63) is 65.9 Å². The molecule has 1 saturated heterocycles. The Morgan fingerprint density at radius 2 is 1.97 bits per heavy atom. The van der Waals surface area contributed by atoms with Crippen molar-refractivity contribution in [1.82, 2.24) is 20.1 Å². The summed E-state index contributed by atoms with van der Waals surface area (Å²) in [6.45, 7) is 3.54. The van der Waals surface area contributed by atoms with Crippen LogP contribution < -0.4 is 10.1 Å². The molecule has 1 aliphatic heterocycles. The summed E-state index contributed by atoms with van der Waals surface area (Å²) in [5, 5.41) is 4.18. The minimum absolute atomic E-state index is 0.00287. The minimum atomic E-state index is -4.42. The van der Waals surface area contributed by atoms with Crippen LogP contribution in [-0.2, 0) is 17.5 Å². The third-order valence-electron chi connectivity index (χ3n) is 6.56. The quantitative estimate of drug-likeness (QED) is 0.456. The molecule has 36 heavy (non-hydrogen) atoms. The fraction of sp³-hybridized carbons (Fsp3) is 0.444. The Morgan fingerprint density at radius 1 is 1.17 bits per heavy atom. The number of fused-ring (bicyclic) bond motifs is 1. The number of halogens is 3. The molecule has 2 atom stereocenters. The zero-order valence-electron chi connectivity index (χ0n) is 20.6. The lowest BCUT2D eigenvalue weighted by Gasteiger charge is -2.37. The summed E-state index contributed by atoms with van der Waals surface area (Å²) in [6, 6.07) is 13.0. The number of piperidine rings is 1. The number of likely N-dealkylation sites (N-methyl/N-ethyl adjacent to an activating group) is 1. The van der Waals surface area contributed by atoms with E-state index in [-0.39, 0.29) is 30.1 Å². The molecule has 6 nitrogen and oxygen atoms in total. The average molecular weight is 503 g/mol. The number of nitrogens with zero attached hydrogens (tertiary/aromatic N) is 2. The number of rotatable bonds is 9. The number of likely N-dealkylation sites (tertiary alicyclic amines) is 1. The van der Waals surface area contributed by atoms with E-state index in [4.69, 9.17) is 4.74 Å². The van der Waals surface area contributed by atoms with Gasteiger partial charge in [0.2, 0.25) is 5.91 Å². The van der Waals surface area contributed by atoms with E-state index in [1.54, 1.807) is 0 Å². The van der Waals surface area contributed by atoms with Crippen LogP contribution in [0, 0.1) is 11.8 Å². The van der Waals surface area contributed by atoms with Crippen LogP contribution in [0.1, 0.15) is 17.5 Å². The summed E-state index contributed by atoms with van der Waals surface area (Å²) < 4.78 is 45.1. The predicted molar refractivity (Wildman–Crippen MR) is 134 cm³/mol. The Bertz CT molecular complexity index is 1160. The predicted octanol–water partition coefficient (Wildman–Crippen LogP) is 4.38. The Balaban J connectivity index is 1.45. The van der Waals surface area contributed by atoms with Crippen LogP contribution in [0.3, 0.4) is 0 Å². The van der Waals surface area contributed by atoms with E-state index in [1.165, 1.54) is 12.1 Å². The van der Waals surface area contributed by atoms with Crippen LogP contribution in [0.4, 0.5) is 13.2 Å². The number of nitrogens with one attached hydrogen (secondary N) is 2. The zero-order chi connectivity index (χ0) is 25.7. The molecule has 0 radical (unpaired) electrons. The molecular weight excluding hydrogens is 469 g/mol. The summed E-state index contributed by atoms with van der Waals surface area (Å²) in [4.78, 5) is 20.5. The van der Waals surface area contributed by atoms with E-state index in [1.807, 2.05) is 43.4 Å². The third-order valence-corrected chi connectivity index (χ3v) is 6.56. The standard InChI is InChI=1S/C27H33F3N4O2/c1-33(2)11-10-31-26(35)20-12-19(18-36-23-7-5-6-22(13-23)27(28,29)30)15-34(16-20)17-21-14-32-25-9-4-3-8-24(21)25/h3-9,13-14,19-20,32H,10-12,15-18H2,1-2H3,(H,31,35)/t19-,20+/m0/s1. The second-order valence-electron chi connectivity index (χ2n) is 9.78. The monoisotopic (exact) mass is 502 g/mol. The topological polar surface area (TPSA) is 60.6 Å². The molecule has 0 saturated carbocycles. The summed E-state index contributed by atoms with van der Waals surface area (Å²) in [6.07, 6.45) is -1.80. The maximum atomic E-state index is 13.1. The van der Waals surface area contributed by atoms with Crippen molar-refractivity contribution in [2.24, 2.45) is 11.8 Å². The first kappa shape index (κ1) is 26.0. The van der Waals surface area contributed by atoms with Crippen LogP contribution >= 0.6 is 0 Å². The van der Waals surface area contributed by atoms with Gasteiger partial charge in [-0.2, -0.15) is 13.2 Å². The fourth-order valence-electron chi connectivity index (χ4n) is 4.77. The maximum absolute atomic E-state index is 13.1. The molecule has 0 bridgehead atoms. The third kappa shape index (κ3) is 6.79. The second kappa shape index (κ2) is 11.3. The van der Waals surface area contributed by atoms with Crippen molar-refractivity contribution in [3.8, 4) is 5.75 Å². The molecular formula is C27H33F3N4O2. The first-order valence-electron chi connectivity index (χ1n) is 12.2. The number of aromatic amines is 1. The van der Waals surface area contributed by atoms with Crippen LogP contribution in [0.15, 0.2) is 54.7 Å². The highest BCUT2D eigenvalue weighted by atomic mass is 19.4. The molecule has 1 amide bonds.